The lowest BCUT2D eigenvalue weighted by atomic mass is 10.1. The molecule has 1 aromatic rings. The highest BCUT2D eigenvalue weighted by atomic mass is 16.5. The summed E-state index contributed by atoms with van der Waals surface area (Å²) in [5.74, 6) is 0.908. The topological polar surface area (TPSA) is 30.5 Å². The van der Waals surface area contributed by atoms with Crippen molar-refractivity contribution in [3.8, 4) is 5.75 Å². The van der Waals surface area contributed by atoms with Gasteiger partial charge in [0.15, 0.2) is 0 Å². The number of para-hydroxylation sites is 1. The van der Waals surface area contributed by atoms with Crippen LogP contribution >= 0.6 is 0 Å². The summed E-state index contributed by atoms with van der Waals surface area (Å²) in [5, 5.41) is 3.48. The van der Waals surface area contributed by atoms with Crippen molar-refractivity contribution in [3.63, 3.8) is 0 Å². The highest BCUT2D eigenvalue weighted by Crippen LogP contribution is 2.18. The molecule has 0 saturated carbocycles. The minimum absolute atomic E-state index is 0.375. The molecular weight excluding hydrogens is 238 g/mol. The zero-order valence-electron chi connectivity index (χ0n) is 11.8. The molecule has 0 radical (unpaired) electrons. The van der Waals surface area contributed by atoms with Gasteiger partial charge in [0.1, 0.15) is 5.75 Å². The van der Waals surface area contributed by atoms with Crippen molar-refractivity contribution in [1.82, 2.24) is 5.32 Å². The van der Waals surface area contributed by atoms with Gasteiger partial charge in [0.25, 0.3) is 0 Å². The van der Waals surface area contributed by atoms with Gasteiger partial charge in [0.2, 0.25) is 0 Å². The van der Waals surface area contributed by atoms with Crippen LogP contribution in [0.25, 0.3) is 6.08 Å². The molecule has 1 aliphatic rings. The van der Waals surface area contributed by atoms with E-state index in [4.69, 9.17) is 9.47 Å². The first-order valence-corrected chi connectivity index (χ1v) is 6.96. The number of hydrogen-bond acceptors (Lipinski definition) is 3. The van der Waals surface area contributed by atoms with Crippen molar-refractivity contribution in [1.29, 1.82) is 0 Å². The van der Waals surface area contributed by atoms with Gasteiger partial charge in [0, 0.05) is 24.8 Å². The Morgan fingerprint density at radius 3 is 3.05 bits per heavy atom. The predicted molar refractivity (Wildman–Crippen MR) is 78.5 cm³/mol. The molecular formula is C16H23NO2. The maximum absolute atomic E-state index is 5.66. The van der Waals surface area contributed by atoms with Gasteiger partial charge in [-0.05, 0) is 25.8 Å². The molecule has 0 aliphatic carbocycles. The van der Waals surface area contributed by atoms with Crippen LogP contribution in [0, 0.1) is 0 Å². The third-order valence-electron chi connectivity index (χ3n) is 3.52. The molecule has 2 atom stereocenters. The third kappa shape index (κ3) is 4.08. The van der Waals surface area contributed by atoms with Crippen LogP contribution in [0.2, 0.25) is 0 Å². The van der Waals surface area contributed by atoms with Gasteiger partial charge in [-0.2, -0.15) is 0 Å². The number of ether oxygens (including phenoxy) is 2. The van der Waals surface area contributed by atoms with Gasteiger partial charge < -0.3 is 14.8 Å². The third-order valence-corrected chi connectivity index (χ3v) is 3.52. The maximum Gasteiger partial charge on any atom is 0.126 e. The van der Waals surface area contributed by atoms with Crippen LogP contribution in [-0.2, 0) is 4.74 Å². The fraction of sp³-hybridized carbons (Fsp3) is 0.500. The minimum atomic E-state index is 0.375. The summed E-state index contributed by atoms with van der Waals surface area (Å²) >= 11 is 0. The van der Waals surface area contributed by atoms with Crippen LogP contribution in [0.3, 0.4) is 0 Å². The summed E-state index contributed by atoms with van der Waals surface area (Å²) in [6, 6.07) is 8.43. The first-order chi connectivity index (χ1) is 9.31. The van der Waals surface area contributed by atoms with Crippen molar-refractivity contribution >= 4 is 6.08 Å². The highest BCUT2D eigenvalue weighted by molar-refractivity contribution is 5.57. The number of methoxy groups -OCH3 is 1. The van der Waals surface area contributed by atoms with Crippen LogP contribution in [0.5, 0.6) is 5.75 Å². The normalized spacial score (nSPS) is 20.8. The van der Waals surface area contributed by atoms with Crippen molar-refractivity contribution in [2.24, 2.45) is 0 Å². The standard InChI is InChI=1S/C16H23NO2/c1-13(15-10-6-12-19-15)17-11-5-8-14-7-3-4-9-16(14)18-2/h3-5,7-9,13,15,17H,6,10-12H2,1-2H3/b8-5+. The first-order valence-electron chi connectivity index (χ1n) is 6.96. The second kappa shape index (κ2) is 7.31. The molecule has 104 valence electrons. The maximum atomic E-state index is 5.66. The van der Waals surface area contributed by atoms with E-state index < -0.39 is 0 Å². The molecule has 19 heavy (non-hydrogen) atoms. The van der Waals surface area contributed by atoms with Gasteiger partial charge >= 0.3 is 0 Å². The zero-order valence-corrected chi connectivity index (χ0v) is 11.8. The summed E-state index contributed by atoms with van der Waals surface area (Å²) in [6.45, 7) is 3.94. The highest BCUT2D eigenvalue weighted by Gasteiger charge is 2.21. The average molecular weight is 261 g/mol. The summed E-state index contributed by atoms with van der Waals surface area (Å²) in [4.78, 5) is 0. The molecule has 0 amide bonds. The van der Waals surface area contributed by atoms with Crippen LogP contribution in [0.4, 0.5) is 0 Å². The van der Waals surface area contributed by atoms with Gasteiger partial charge in [-0.1, -0.05) is 30.4 Å². The van der Waals surface area contributed by atoms with E-state index in [2.05, 4.69) is 30.5 Å². The molecule has 0 spiro atoms. The van der Waals surface area contributed by atoms with Gasteiger partial charge in [-0.15, -0.1) is 0 Å². The Balaban J connectivity index is 1.79. The molecule has 2 rings (SSSR count). The lowest BCUT2D eigenvalue weighted by molar-refractivity contribution is 0.0849. The van der Waals surface area contributed by atoms with E-state index in [0.29, 0.717) is 12.1 Å². The minimum Gasteiger partial charge on any atom is -0.496 e. The van der Waals surface area contributed by atoms with E-state index in [0.717, 1.165) is 24.5 Å². The molecule has 0 bridgehead atoms. The van der Waals surface area contributed by atoms with Gasteiger partial charge in [-0.3, -0.25) is 0 Å². The van der Waals surface area contributed by atoms with Crippen LogP contribution < -0.4 is 10.1 Å². The molecule has 2 unspecified atom stereocenters. The van der Waals surface area contributed by atoms with Crippen LogP contribution in [0.15, 0.2) is 30.3 Å². The zero-order chi connectivity index (χ0) is 13.5. The molecule has 3 heteroatoms. The van der Waals surface area contributed by atoms with E-state index in [1.54, 1.807) is 7.11 Å². The first kappa shape index (κ1) is 14.1. The lowest BCUT2D eigenvalue weighted by Gasteiger charge is -2.18. The number of benzene rings is 1. The van der Waals surface area contributed by atoms with Gasteiger partial charge in [0.05, 0.1) is 13.2 Å². The van der Waals surface area contributed by atoms with E-state index >= 15 is 0 Å². The van der Waals surface area contributed by atoms with Crippen molar-refractivity contribution in [2.45, 2.75) is 31.9 Å². The number of nitrogens with one attached hydrogen (secondary N) is 1. The van der Waals surface area contributed by atoms with Gasteiger partial charge in [-0.25, -0.2) is 0 Å². The summed E-state index contributed by atoms with van der Waals surface area (Å²) < 4.78 is 11.0. The lowest BCUT2D eigenvalue weighted by Crippen LogP contribution is -2.36. The molecule has 1 saturated heterocycles. The Bertz CT molecular complexity index is 411. The Kier molecular flexibility index (Phi) is 5.43. The van der Waals surface area contributed by atoms with E-state index in [9.17, 15) is 0 Å². The summed E-state index contributed by atoms with van der Waals surface area (Å²) in [6.07, 6.45) is 6.95. The molecule has 1 N–H and O–H groups in total. The van der Waals surface area contributed by atoms with Crippen molar-refractivity contribution < 1.29 is 9.47 Å². The summed E-state index contributed by atoms with van der Waals surface area (Å²) in [7, 11) is 1.70. The molecule has 1 fully saturated rings. The monoisotopic (exact) mass is 261 g/mol. The molecule has 0 aromatic heterocycles. The Hall–Kier alpha value is -1.32. The smallest absolute Gasteiger partial charge is 0.126 e. The average Bonchev–Trinajstić information content (AvgIpc) is 2.98. The second-order valence-electron chi connectivity index (χ2n) is 4.89. The molecule has 3 nitrogen and oxygen atoms in total. The largest absolute Gasteiger partial charge is 0.496 e. The Morgan fingerprint density at radius 2 is 2.32 bits per heavy atom. The Labute approximate surface area is 115 Å². The molecule has 1 aromatic carbocycles. The van der Waals surface area contributed by atoms with Crippen molar-refractivity contribution in [2.75, 3.05) is 20.3 Å². The van der Waals surface area contributed by atoms with Crippen LogP contribution in [-0.4, -0.2) is 32.4 Å². The quantitative estimate of drug-likeness (QED) is 0.854. The number of rotatable bonds is 6. The Morgan fingerprint density at radius 1 is 1.47 bits per heavy atom. The SMILES string of the molecule is COc1ccccc1/C=C/CNC(C)C1CCCO1. The van der Waals surface area contributed by atoms with E-state index in [1.165, 1.54) is 12.8 Å². The summed E-state index contributed by atoms with van der Waals surface area (Å²) in [5.41, 5.74) is 1.11. The molecule has 1 aliphatic heterocycles. The van der Waals surface area contributed by atoms with E-state index in [1.807, 2.05) is 18.2 Å². The predicted octanol–water partition coefficient (Wildman–Crippen LogP) is 2.87. The fourth-order valence-electron chi connectivity index (χ4n) is 2.37. The van der Waals surface area contributed by atoms with E-state index in [-0.39, 0.29) is 0 Å². The van der Waals surface area contributed by atoms with Crippen LogP contribution in [0.1, 0.15) is 25.3 Å². The second-order valence-corrected chi connectivity index (χ2v) is 4.89. The number of hydrogen-bond donors (Lipinski definition) is 1. The fourth-order valence-corrected chi connectivity index (χ4v) is 2.37. The van der Waals surface area contributed by atoms with Crippen molar-refractivity contribution in [3.05, 3.63) is 35.9 Å². The molecule has 1 heterocycles.